The smallest absolute Gasteiger partial charge is 0.269 e. The van der Waals surface area contributed by atoms with E-state index in [1.165, 1.54) is 25.1 Å². The second-order valence-electron chi connectivity index (χ2n) is 6.86. The van der Waals surface area contributed by atoms with Gasteiger partial charge in [-0.2, -0.15) is 5.10 Å². The minimum Gasteiger partial charge on any atom is -0.359 e. The number of aromatic nitrogens is 4. The number of hydrogen-bond acceptors (Lipinski definition) is 6. The molecular formula is C19H19FN6O3. The van der Waals surface area contributed by atoms with Crippen LogP contribution in [0.1, 0.15) is 33.7 Å². The van der Waals surface area contributed by atoms with Gasteiger partial charge in [-0.1, -0.05) is 0 Å². The Bertz CT molecular complexity index is 1080. The lowest BCUT2D eigenvalue weighted by molar-refractivity contribution is -0.104. The van der Waals surface area contributed by atoms with Gasteiger partial charge >= 0.3 is 0 Å². The molecule has 0 aliphatic carbocycles. The number of carbonyl (C=O) groups excluding carboxylic acids is 3. The lowest BCUT2D eigenvalue weighted by Gasteiger charge is -2.14. The zero-order valence-electron chi connectivity index (χ0n) is 15.5. The van der Waals surface area contributed by atoms with Crippen molar-refractivity contribution in [1.82, 2.24) is 30.4 Å². The minimum absolute atomic E-state index is 0.0354. The van der Waals surface area contributed by atoms with Crippen molar-refractivity contribution >= 4 is 28.9 Å². The highest BCUT2D eigenvalue weighted by Gasteiger charge is 2.21. The molecule has 3 aromatic rings. The molecule has 0 radical (unpaired) electrons. The van der Waals surface area contributed by atoms with E-state index in [-0.39, 0.29) is 40.0 Å². The molecule has 4 heterocycles. The number of carbonyl (C=O) groups is 3. The molecule has 1 aliphatic heterocycles. The molecule has 0 saturated carbocycles. The fraction of sp³-hybridized carbons (Fsp3) is 0.316. The number of halogens is 1. The molecule has 0 aromatic carbocycles. The number of Topliss-reactive ketones (excluding diaryl/α,β-unsaturated/α-hetero) is 1. The number of likely N-dealkylation sites (tertiary alicyclic amines) is 1. The number of nitrogens with zero attached hydrogens (tertiary/aromatic N) is 3. The molecule has 0 bridgehead atoms. The summed E-state index contributed by atoms with van der Waals surface area (Å²) in [5.74, 6) is -1.87. The van der Waals surface area contributed by atoms with Crippen LogP contribution in [0.5, 0.6) is 0 Å². The maximum atomic E-state index is 14.2. The van der Waals surface area contributed by atoms with Gasteiger partial charge in [0.15, 0.2) is 12.1 Å². The van der Waals surface area contributed by atoms with Gasteiger partial charge in [-0.15, -0.1) is 0 Å². The van der Waals surface area contributed by atoms with Crippen LogP contribution in [0.15, 0.2) is 18.5 Å². The SMILES string of the molecule is O=CC(=O)c1c[nH]c2c(-c3cc(C(=O)NCCN4CCCC4)[nH]n3)ncc(F)c12. The van der Waals surface area contributed by atoms with Crippen LogP contribution in [0.3, 0.4) is 0 Å². The third-order valence-electron chi connectivity index (χ3n) is 5.01. The van der Waals surface area contributed by atoms with E-state index in [9.17, 15) is 18.8 Å². The normalized spacial score (nSPS) is 14.4. The van der Waals surface area contributed by atoms with Crippen LogP contribution < -0.4 is 5.32 Å². The predicted octanol–water partition coefficient (Wildman–Crippen LogP) is 1.30. The summed E-state index contributed by atoms with van der Waals surface area (Å²) in [6.07, 6.45) is 4.72. The quantitative estimate of drug-likeness (QED) is 0.313. The Kier molecular flexibility index (Phi) is 5.17. The number of amides is 1. The molecule has 29 heavy (non-hydrogen) atoms. The third kappa shape index (κ3) is 3.66. The van der Waals surface area contributed by atoms with Crippen LogP contribution in [-0.4, -0.2) is 69.2 Å². The molecule has 10 heteroatoms. The Morgan fingerprint density at radius 3 is 2.86 bits per heavy atom. The molecule has 1 fully saturated rings. The Balaban J connectivity index is 1.54. The molecule has 0 unspecified atom stereocenters. The van der Waals surface area contributed by atoms with Crippen LogP contribution in [0.25, 0.3) is 22.3 Å². The molecule has 0 atom stereocenters. The van der Waals surface area contributed by atoms with E-state index in [2.05, 4.69) is 30.4 Å². The molecule has 150 valence electrons. The van der Waals surface area contributed by atoms with E-state index in [1.54, 1.807) is 0 Å². The second kappa shape index (κ2) is 7.92. The first-order chi connectivity index (χ1) is 14.1. The van der Waals surface area contributed by atoms with Crippen molar-refractivity contribution in [3.05, 3.63) is 35.5 Å². The second-order valence-corrected chi connectivity index (χ2v) is 6.86. The van der Waals surface area contributed by atoms with Gasteiger partial charge in [-0.25, -0.2) is 9.37 Å². The number of rotatable bonds is 7. The number of ketones is 1. The Morgan fingerprint density at radius 2 is 2.10 bits per heavy atom. The highest BCUT2D eigenvalue weighted by molar-refractivity contribution is 6.36. The zero-order valence-corrected chi connectivity index (χ0v) is 15.5. The first-order valence-electron chi connectivity index (χ1n) is 9.30. The lowest BCUT2D eigenvalue weighted by Crippen LogP contribution is -2.33. The maximum Gasteiger partial charge on any atom is 0.269 e. The predicted molar refractivity (Wildman–Crippen MR) is 102 cm³/mol. The number of nitrogens with one attached hydrogen (secondary N) is 3. The third-order valence-corrected chi connectivity index (χ3v) is 5.01. The summed E-state index contributed by atoms with van der Waals surface area (Å²) in [5, 5.41) is 9.55. The van der Waals surface area contributed by atoms with E-state index in [1.807, 2.05) is 0 Å². The minimum atomic E-state index is -0.840. The van der Waals surface area contributed by atoms with Gasteiger partial charge in [0.05, 0.1) is 22.7 Å². The van der Waals surface area contributed by atoms with Crippen molar-refractivity contribution in [3.63, 3.8) is 0 Å². The molecule has 1 aliphatic rings. The highest BCUT2D eigenvalue weighted by atomic mass is 19.1. The number of aromatic amines is 2. The summed E-state index contributed by atoms with van der Waals surface area (Å²) in [7, 11) is 0. The highest BCUT2D eigenvalue weighted by Crippen LogP contribution is 2.29. The van der Waals surface area contributed by atoms with Crippen molar-refractivity contribution in [2.45, 2.75) is 12.8 Å². The zero-order chi connectivity index (χ0) is 20.4. The molecule has 3 aromatic heterocycles. The van der Waals surface area contributed by atoms with Gasteiger partial charge in [-0.3, -0.25) is 19.5 Å². The van der Waals surface area contributed by atoms with E-state index in [4.69, 9.17) is 0 Å². The summed E-state index contributed by atoms with van der Waals surface area (Å²) >= 11 is 0. The number of aldehydes is 1. The van der Waals surface area contributed by atoms with Crippen LogP contribution in [0, 0.1) is 5.82 Å². The first kappa shape index (κ1) is 18.9. The molecule has 1 saturated heterocycles. The maximum absolute atomic E-state index is 14.2. The van der Waals surface area contributed by atoms with Crippen molar-refractivity contribution < 1.29 is 18.8 Å². The van der Waals surface area contributed by atoms with Crippen molar-refractivity contribution in [1.29, 1.82) is 0 Å². The molecule has 3 N–H and O–H groups in total. The first-order valence-corrected chi connectivity index (χ1v) is 9.30. The molecular weight excluding hydrogens is 379 g/mol. The largest absolute Gasteiger partial charge is 0.359 e. The van der Waals surface area contributed by atoms with Crippen LogP contribution in [-0.2, 0) is 4.79 Å². The molecule has 4 rings (SSSR count). The summed E-state index contributed by atoms with van der Waals surface area (Å²) in [6.45, 7) is 3.44. The Labute approximate surface area is 164 Å². The standard InChI is InChI=1S/C19H19FN6O3/c20-12-9-23-17(18-16(12)11(8-22-18)15(28)10-27)13-7-14(25-24-13)19(29)21-3-6-26-4-1-2-5-26/h7-10,22H,1-6H2,(H,21,29)(H,24,25). The van der Waals surface area contributed by atoms with E-state index in [0.29, 0.717) is 12.2 Å². The average molecular weight is 398 g/mol. The van der Waals surface area contributed by atoms with Gasteiger partial charge in [0.25, 0.3) is 5.91 Å². The van der Waals surface area contributed by atoms with Crippen LogP contribution >= 0.6 is 0 Å². The van der Waals surface area contributed by atoms with Gasteiger partial charge in [0.2, 0.25) is 5.78 Å². The lowest BCUT2D eigenvalue weighted by atomic mass is 10.1. The van der Waals surface area contributed by atoms with Gasteiger partial charge in [-0.05, 0) is 32.0 Å². The summed E-state index contributed by atoms with van der Waals surface area (Å²) in [6, 6.07) is 1.51. The fourth-order valence-corrected chi connectivity index (χ4v) is 3.55. The summed E-state index contributed by atoms with van der Waals surface area (Å²) in [5.41, 5.74) is 0.969. The Hall–Kier alpha value is -3.40. The molecule has 1 amide bonds. The van der Waals surface area contributed by atoms with E-state index in [0.717, 1.165) is 25.8 Å². The number of H-pyrrole nitrogens is 2. The van der Waals surface area contributed by atoms with Crippen LogP contribution in [0.2, 0.25) is 0 Å². The summed E-state index contributed by atoms with van der Waals surface area (Å²) in [4.78, 5) is 44.0. The summed E-state index contributed by atoms with van der Waals surface area (Å²) < 4.78 is 14.2. The van der Waals surface area contributed by atoms with Gasteiger partial charge in [0.1, 0.15) is 17.1 Å². The number of hydrogen-bond donors (Lipinski definition) is 3. The monoisotopic (exact) mass is 398 g/mol. The van der Waals surface area contributed by atoms with Crippen molar-refractivity contribution in [2.75, 3.05) is 26.2 Å². The topological polar surface area (TPSA) is 124 Å². The van der Waals surface area contributed by atoms with Crippen molar-refractivity contribution in [2.24, 2.45) is 0 Å². The Morgan fingerprint density at radius 1 is 1.31 bits per heavy atom. The van der Waals surface area contributed by atoms with Gasteiger partial charge in [0, 0.05) is 19.3 Å². The molecule has 9 nitrogen and oxygen atoms in total. The number of pyridine rings is 1. The van der Waals surface area contributed by atoms with Crippen molar-refractivity contribution in [3.8, 4) is 11.4 Å². The average Bonchev–Trinajstić information content (AvgIpc) is 3.48. The number of fused-ring (bicyclic) bond motifs is 1. The van der Waals surface area contributed by atoms with Gasteiger partial charge < -0.3 is 15.2 Å². The van der Waals surface area contributed by atoms with E-state index >= 15 is 0 Å². The van der Waals surface area contributed by atoms with Crippen LogP contribution in [0.4, 0.5) is 4.39 Å². The fourth-order valence-electron chi connectivity index (χ4n) is 3.55. The van der Waals surface area contributed by atoms with E-state index < -0.39 is 11.6 Å². The molecule has 0 spiro atoms.